The molecule has 4 heterocycles. The van der Waals surface area contributed by atoms with Crippen molar-refractivity contribution in [1.82, 2.24) is 24.7 Å². The van der Waals surface area contributed by atoms with Gasteiger partial charge in [0, 0.05) is 11.0 Å². The van der Waals surface area contributed by atoms with Crippen molar-refractivity contribution < 1.29 is 0 Å². The molecule has 2 aliphatic heterocycles. The van der Waals surface area contributed by atoms with Crippen molar-refractivity contribution in [3.8, 4) is 5.69 Å². The van der Waals surface area contributed by atoms with Crippen LogP contribution < -0.4 is 10.1 Å². The predicted octanol–water partition coefficient (Wildman–Crippen LogP) is 1.93. The fourth-order valence-corrected chi connectivity index (χ4v) is 3.73. The highest BCUT2D eigenvalue weighted by Gasteiger charge is 2.45. The zero-order valence-corrected chi connectivity index (χ0v) is 13.7. The van der Waals surface area contributed by atoms with Crippen LogP contribution >= 0.6 is 0 Å². The third-order valence-corrected chi connectivity index (χ3v) is 5.44. The van der Waals surface area contributed by atoms with E-state index < -0.39 is 0 Å². The van der Waals surface area contributed by atoms with Gasteiger partial charge < -0.3 is 0 Å². The maximum Gasteiger partial charge on any atom is 0.173 e. The normalized spacial score (nSPS) is 21.9. The van der Waals surface area contributed by atoms with E-state index in [2.05, 4.69) is 43.9 Å². The van der Waals surface area contributed by atoms with E-state index in [4.69, 9.17) is 4.99 Å². The topological polar surface area (TPSA) is 67.4 Å². The molecule has 1 fully saturated rings. The lowest BCUT2D eigenvalue weighted by molar-refractivity contribution is 0.510. The summed E-state index contributed by atoms with van der Waals surface area (Å²) in [6.45, 7) is 2.25. The number of anilines is 1. The minimum Gasteiger partial charge on any atom is -0.284 e. The number of hydrazine groups is 1. The molecule has 0 spiro atoms. The Morgan fingerprint density at radius 1 is 1.16 bits per heavy atom. The molecule has 0 amide bonds. The summed E-state index contributed by atoms with van der Waals surface area (Å²) in [7, 11) is 0. The van der Waals surface area contributed by atoms with Crippen molar-refractivity contribution >= 4 is 12.2 Å². The summed E-state index contributed by atoms with van der Waals surface area (Å²) in [5, 5.41) is 12.6. The number of aliphatic imine (C=N–C) groups is 1. The Kier molecular flexibility index (Phi) is 2.25. The standard InChI is InChI=1S/C17H16N8/c1-17(6-7-17)14-8-20-21-25(14)23-11-19-16-12-4-2-3-5-13(12)22-10-18-9-15(22)24(16)23/h2-5,8-11,16H,6-7H2,1H3. The van der Waals surface area contributed by atoms with Gasteiger partial charge in [-0.05, 0) is 24.1 Å². The van der Waals surface area contributed by atoms with Crippen LogP contribution in [0, 0.1) is 0 Å². The number of rotatable bonds is 2. The average molecular weight is 332 g/mol. The molecule has 1 atom stereocenters. The Morgan fingerprint density at radius 2 is 2.04 bits per heavy atom. The molecule has 3 aliphatic rings. The van der Waals surface area contributed by atoms with E-state index in [0.717, 1.165) is 35.6 Å². The number of nitrogens with zero attached hydrogens (tertiary/aromatic N) is 8. The highest BCUT2D eigenvalue weighted by Crippen LogP contribution is 2.48. The van der Waals surface area contributed by atoms with E-state index >= 15 is 0 Å². The van der Waals surface area contributed by atoms with Crippen molar-refractivity contribution in [2.45, 2.75) is 31.3 Å². The second-order valence-electron chi connectivity index (χ2n) is 7.05. The van der Waals surface area contributed by atoms with Crippen molar-refractivity contribution in [3.63, 3.8) is 0 Å². The molecule has 124 valence electrons. The van der Waals surface area contributed by atoms with Crippen molar-refractivity contribution in [1.29, 1.82) is 0 Å². The first-order valence-electron chi connectivity index (χ1n) is 8.41. The van der Waals surface area contributed by atoms with Gasteiger partial charge in [-0.25, -0.2) is 15.0 Å². The number of fused-ring (bicyclic) bond motifs is 6. The van der Waals surface area contributed by atoms with Gasteiger partial charge in [0.25, 0.3) is 0 Å². The Balaban J connectivity index is 1.52. The van der Waals surface area contributed by atoms with Crippen molar-refractivity contribution in [2.24, 2.45) is 4.99 Å². The van der Waals surface area contributed by atoms with Crippen LogP contribution in [-0.2, 0) is 5.41 Å². The van der Waals surface area contributed by atoms with Crippen LogP contribution in [0.5, 0.6) is 0 Å². The number of imidazole rings is 1. The number of hydrogen-bond donors (Lipinski definition) is 0. The van der Waals surface area contributed by atoms with Gasteiger partial charge >= 0.3 is 0 Å². The molecule has 8 heteroatoms. The number of para-hydroxylation sites is 1. The van der Waals surface area contributed by atoms with Crippen LogP contribution in [-0.4, -0.2) is 31.0 Å². The number of aromatic nitrogens is 5. The lowest BCUT2D eigenvalue weighted by Crippen LogP contribution is -2.50. The number of benzene rings is 1. The molecule has 1 aromatic carbocycles. The van der Waals surface area contributed by atoms with Crippen LogP contribution in [0.4, 0.5) is 5.82 Å². The molecule has 0 radical (unpaired) electrons. The summed E-state index contributed by atoms with van der Waals surface area (Å²) >= 11 is 0. The van der Waals surface area contributed by atoms with E-state index in [1.165, 1.54) is 0 Å². The Hall–Kier alpha value is -3.16. The highest BCUT2D eigenvalue weighted by atomic mass is 15.9. The maximum absolute atomic E-state index is 4.76. The van der Waals surface area contributed by atoms with Crippen molar-refractivity contribution in [3.05, 3.63) is 54.2 Å². The molecule has 3 aromatic rings. The minimum absolute atomic E-state index is 0.121. The molecule has 2 aromatic heterocycles. The molecule has 0 N–H and O–H groups in total. The molecule has 6 rings (SSSR count). The van der Waals surface area contributed by atoms with Gasteiger partial charge in [0.15, 0.2) is 12.0 Å². The largest absolute Gasteiger partial charge is 0.284 e. The lowest BCUT2D eigenvalue weighted by atomic mass is 10.1. The smallest absolute Gasteiger partial charge is 0.173 e. The Labute approximate surface area is 144 Å². The Bertz CT molecular complexity index is 1010. The van der Waals surface area contributed by atoms with Gasteiger partial charge in [-0.2, -0.15) is 5.12 Å². The van der Waals surface area contributed by atoms with E-state index in [-0.39, 0.29) is 11.6 Å². The van der Waals surface area contributed by atoms with E-state index in [0.29, 0.717) is 0 Å². The van der Waals surface area contributed by atoms with Gasteiger partial charge in [-0.1, -0.05) is 25.1 Å². The van der Waals surface area contributed by atoms with Gasteiger partial charge in [0.05, 0.1) is 23.8 Å². The molecular formula is C17H16N8. The second kappa shape index (κ2) is 4.27. The summed E-state index contributed by atoms with van der Waals surface area (Å²) in [5.74, 6) is 0.962. The molecule has 0 saturated heterocycles. The van der Waals surface area contributed by atoms with Crippen LogP contribution in [0.1, 0.15) is 37.2 Å². The van der Waals surface area contributed by atoms with Crippen molar-refractivity contribution in [2.75, 3.05) is 10.1 Å². The summed E-state index contributed by atoms with van der Waals surface area (Å²) in [6, 6.07) is 8.30. The molecule has 0 bridgehead atoms. The number of hydrogen-bond acceptors (Lipinski definition) is 6. The van der Waals surface area contributed by atoms with Crippen LogP contribution in [0.25, 0.3) is 5.69 Å². The van der Waals surface area contributed by atoms with E-state index in [1.54, 1.807) is 0 Å². The van der Waals surface area contributed by atoms with Gasteiger partial charge in [-0.15, -0.1) is 9.89 Å². The van der Waals surface area contributed by atoms with Crippen LogP contribution in [0.2, 0.25) is 0 Å². The quantitative estimate of drug-likeness (QED) is 0.717. The van der Waals surface area contributed by atoms with Gasteiger partial charge in [0.1, 0.15) is 12.7 Å². The molecular weight excluding hydrogens is 316 g/mol. The maximum atomic E-state index is 4.76. The third-order valence-electron chi connectivity index (χ3n) is 5.44. The summed E-state index contributed by atoms with van der Waals surface area (Å²) in [4.78, 5) is 11.0. The van der Waals surface area contributed by atoms with Gasteiger partial charge in [0.2, 0.25) is 0 Å². The molecule has 1 saturated carbocycles. The lowest BCUT2D eigenvalue weighted by Gasteiger charge is -2.37. The van der Waals surface area contributed by atoms with Crippen LogP contribution in [0.15, 0.2) is 48.0 Å². The molecule has 8 nitrogen and oxygen atoms in total. The molecule has 1 unspecified atom stereocenters. The fraction of sp³-hybridized carbons (Fsp3) is 0.294. The summed E-state index contributed by atoms with van der Waals surface area (Å²) in [5.41, 5.74) is 3.53. The third kappa shape index (κ3) is 1.61. The highest BCUT2D eigenvalue weighted by molar-refractivity contribution is 5.78. The van der Waals surface area contributed by atoms with Gasteiger partial charge in [-0.3, -0.25) is 4.57 Å². The molecule has 1 aliphatic carbocycles. The summed E-state index contributed by atoms with van der Waals surface area (Å²) < 4.78 is 2.09. The minimum atomic E-state index is -0.121. The van der Waals surface area contributed by atoms with E-state index in [9.17, 15) is 0 Å². The zero-order valence-electron chi connectivity index (χ0n) is 13.7. The summed E-state index contributed by atoms with van der Waals surface area (Å²) in [6.07, 6.45) is 9.60. The SMILES string of the molecule is CC1(c2cnnn2N2C=NC3c4ccccc4-n4cncc4N32)CC1. The average Bonchev–Trinajstić information content (AvgIpc) is 3.12. The first-order valence-corrected chi connectivity index (χ1v) is 8.41. The zero-order chi connectivity index (χ0) is 16.6. The van der Waals surface area contributed by atoms with Crippen LogP contribution in [0.3, 0.4) is 0 Å². The fourth-order valence-electron chi connectivity index (χ4n) is 3.73. The monoisotopic (exact) mass is 332 g/mol. The predicted molar refractivity (Wildman–Crippen MR) is 92.1 cm³/mol. The first kappa shape index (κ1) is 13.2. The second-order valence-corrected chi connectivity index (χ2v) is 7.05. The van der Waals surface area contributed by atoms with E-state index in [1.807, 2.05) is 47.1 Å². The first-order chi connectivity index (χ1) is 12.3. The molecule has 25 heavy (non-hydrogen) atoms. The Morgan fingerprint density at radius 3 is 2.92 bits per heavy atom.